The standard InChI is InChI=1S/C43H52N2O13S4/c1-42(2)35-19-17-33(59(5,48)49)28-37(35)44(24-6-8-26-60(50,51)52)39(42)21-15-32(31-13-10-30(11-14-31)12-23-41(46)47)16-22-40-43(3,4)36-20-18-34(62(56,57)58)29-38(36)45(40)25-7-9-27-61(53,54)55/h10-11,13-22,28-29H,6-9,12,23-27H2,1-5H3,(H3-,46,47,50,51,52,53,54,55,56,57,58)/p+1. The predicted molar refractivity (Wildman–Crippen MR) is 238 cm³/mol. The summed E-state index contributed by atoms with van der Waals surface area (Å²) in [6.45, 7) is 8.41. The summed E-state index contributed by atoms with van der Waals surface area (Å²) in [6, 6.07) is 16.6. The Bertz CT molecular complexity index is 2820. The van der Waals surface area contributed by atoms with Gasteiger partial charge in [0.25, 0.3) is 30.4 Å². The molecule has 4 N–H and O–H groups in total. The normalized spacial score (nSPS) is 17.3. The summed E-state index contributed by atoms with van der Waals surface area (Å²) in [6.07, 6.45) is 9.81. The smallest absolute Gasteiger partial charge is 0.303 e. The van der Waals surface area contributed by atoms with Crippen LogP contribution in [-0.4, -0.2) is 99.5 Å². The van der Waals surface area contributed by atoms with Gasteiger partial charge < -0.3 is 10.0 Å². The lowest BCUT2D eigenvalue weighted by Gasteiger charge is -2.27. The lowest BCUT2D eigenvalue weighted by atomic mass is 9.81. The number of carbonyl (C=O) groups is 1. The van der Waals surface area contributed by atoms with Gasteiger partial charge in [-0.1, -0.05) is 50.3 Å². The number of hydrogen-bond donors (Lipinski definition) is 4. The molecule has 2 aliphatic heterocycles. The van der Waals surface area contributed by atoms with Gasteiger partial charge in [-0.2, -0.15) is 29.8 Å². The number of rotatable bonds is 19. The highest BCUT2D eigenvalue weighted by atomic mass is 32.2. The molecule has 3 aromatic carbocycles. The summed E-state index contributed by atoms with van der Waals surface area (Å²) < 4.78 is 127. The van der Waals surface area contributed by atoms with Gasteiger partial charge in [-0.05, 0) is 98.2 Å². The minimum absolute atomic E-state index is 0.0574. The second kappa shape index (κ2) is 18.3. The highest BCUT2D eigenvalue weighted by molar-refractivity contribution is 7.90. The minimum atomic E-state index is -4.58. The Morgan fingerprint density at radius 3 is 1.92 bits per heavy atom. The number of sulfone groups is 1. The molecule has 0 bridgehead atoms. The molecule has 0 amide bonds. The van der Waals surface area contributed by atoms with Crippen molar-refractivity contribution in [2.45, 2.75) is 86.8 Å². The second-order valence-electron chi connectivity index (χ2n) is 16.6. The highest BCUT2D eigenvalue weighted by Crippen LogP contribution is 2.49. The molecule has 0 aromatic heterocycles. The maximum Gasteiger partial charge on any atom is 0.303 e. The van der Waals surface area contributed by atoms with Gasteiger partial charge in [-0.3, -0.25) is 18.5 Å². The molecule has 0 saturated heterocycles. The number of benzene rings is 3. The van der Waals surface area contributed by atoms with Gasteiger partial charge in [0, 0.05) is 60.1 Å². The van der Waals surface area contributed by atoms with Gasteiger partial charge in [-0.15, -0.1) is 0 Å². The van der Waals surface area contributed by atoms with E-state index in [2.05, 4.69) is 0 Å². The largest absolute Gasteiger partial charge is 0.481 e. The van der Waals surface area contributed by atoms with E-state index in [0.29, 0.717) is 48.5 Å². The van der Waals surface area contributed by atoms with E-state index in [4.69, 9.17) is 0 Å². The summed E-state index contributed by atoms with van der Waals surface area (Å²) in [5, 5.41) is 9.26. The number of carboxylic acids is 1. The number of anilines is 1. The molecular weight excluding hydrogens is 881 g/mol. The van der Waals surface area contributed by atoms with Crippen molar-refractivity contribution in [2.24, 2.45) is 0 Å². The minimum Gasteiger partial charge on any atom is -0.481 e. The van der Waals surface area contributed by atoms with Gasteiger partial charge >= 0.3 is 5.97 Å². The lowest BCUT2D eigenvalue weighted by molar-refractivity contribution is -0.438. The average Bonchev–Trinajstić information content (AvgIpc) is 3.50. The van der Waals surface area contributed by atoms with Crippen molar-refractivity contribution in [2.75, 3.05) is 35.8 Å². The number of allylic oxidation sites excluding steroid dienone is 6. The monoisotopic (exact) mass is 933 g/mol. The summed E-state index contributed by atoms with van der Waals surface area (Å²) in [4.78, 5) is 13.0. The molecule has 62 heavy (non-hydrogen) atoms. The van der Waals surface area contributed by atoms with Crippen LogP contribution in [-0.2, 0) is 62.2 Å². The average molecular weight is 934 g/mol. The maximum atomic E-state index is 12.7. The molecule has 0 aliphatic carbocycles. The number of nitrogens with zero attached hydrogens (tertiary/aromatic N) is 2. The first-order valence-corrected chi connectivity index (χ1v) is 26.4. The Morgan fingerprint density at radius 2 is 1.34 bits per heavy atom. The molecule has 336 valence electrons. The molecule has 2 heterocycles. The zero-order chi connectivity index (χ0) is 46.1. The Balaban J connectivity index is 1.68. The van der Waals surface area contributed by atoms with Crippen LogP contribution in [0.1, 0.15) is 82.1 Å². The van der Waals surface area contributed by atoms with E-state index >= 15 is 0 Å². The molecule has 2 aliphatic rings. The SMILES string of the molecule is CC1(C)C(/C=C/C(=C/C=C2\N(CCCCS(=O)(=O)O)c3cc(S(=O)(=O)O)ccc3C2(C)C)c2ccc(CCC(=O)O)cc2)=[N+](CCCCS(=O)(=O)O)c2cc(S(C)(=O)=O)ccc21. The van der Waals surface area contributed by atoms with Crippen LogP contribution in [0, 0.1) is 0 Å². The van der Waals surface area contributed by atoms with Crippen molar-refractivity contribution in [1.29, 1.82) is 0 Å². The predicted octanol–water partition coefficient (Wildman–Crippen LogP) is 6.39. The number of aliphatic carboxylic acids is 1. The quantitative estimate of drug-likeness (QED) is 0.0441. The number of unbranched alkanes of at least 4 members (excludes halogenated alkanes) is 2. The second-order valence-corrected chi connectivity index (χ2v) is 23.2. The molecular formula is C43H53N2O13S4+. The third kappa shape index (κ3) is 11.7. The van der Waals surface area contributed by atoms with E-state index in [-0.39, 0.29) is 35.6 Å². The van der Waals surface area contributed by atoms with Crippen LogP contribution in [0.4, 0.5) is 11.4 Å². The van der Waals surface area contributed by atoms with Gasteiger partial charge in [0.2, 0.25) is 5.69 Å². The Hall–Kier alpha value is -4.50. The molecule has 0 unspecified atom stereocenters. The molecule has 0 atom stereocenters. The van der Waals surface area contributed by atoms with E-state index in [1.165, 1.54) is 12.1 Å². The number of aryl methyl sites for hydroxylation is 1. The first kappa shape index (κ1) is 48.5. The van der Waals surface area contributed by atoms with Crippen molar-refractivity contribution >= 4 is 68.8 Å². The Morgan fingerprint density at radius 1 is 0.742 bits per heavy atom. The van der Waals surface area contributed by atoms with E-state index < -0.39 is 68.5 Å². The topological polar surface area (TPSA) is 241 Å². The Labute approximate surface area is 364 Å². The summed E-state index contributed by atoms with van der Waals surface area (Å²) in [5.41, 5.74) is 5.03. The van der Waals surface area contributed by atoms with Gasteiger partial charge in [0.05, 0.1) is 26.7 Å². The summed E-state index contributed by atoms with van der Waals surface area (Å²) >= 11 is 0. The molecule has 0 radical (unpaired) electrons. The fourth-order valence-corrected chi connectivity index (χ4v) is 10.3. The third-order valence-corrected chi connectivity index (χ3v) is 14.8. The van der Waals surface area contributed by atoms with Crippen molar-refractivity contribution in [1.82, 2.24) is 0 Å². The third-order valence-electron chi connectivity index (χ3n) is 11.3. The Kier molecular flexibility index (Phi) is 14.3. The molecule has 3 aromatic rings. The highest BCUT2D eigenvalue weighted by Gasteiger charge is 2.45. The zero-order valence-corrected chi connectivity index (χ0v) is 38.4. The van der Waals surface area contributed by atoms with Crippen molar-refractivity contribution in [3.8, 4) is 0 Å². The van der Waals surface area contributed by atoms with E-state index in [1.807, 2.05) is 85.7 Å². The first-order valence-electron chi connectivity index (χ1n) is 19.8. The number of carboxylic acid groups (broad SMARTS) is 1. The van der Waals surface area contributed by atoms with Crippen LogP contribution in [0.3, 0.4) is 0 Å². The molecule has 0 fully saturated rings. The summed E-state index contributed by atoms with van der Waals surface area (Å²) in [5.74, 6) is -1.84. The van der Waals surface area contributed by atoms with Crippen LogP contribution in [0.2, 0.25) is 0 Å². The molecule has 15 nitrogen and oxygen atoms in total. The zero-order valence-electron chi connectivity index (χ0n) is 35.1. The van der Waals surface area contributed by atoms with E-state index in [0.717, 1.165) is 34.2 Å². The number of fused-ring (bicyclic) bond motifs is 2. The first-order chi connectivity index (χ1) is 28.6. The van der Waals surface area contributed by atoms with Crippen molar-refractivity contribution in [3.63, 3.8) is 0 Å². The van der Waals surface area contributed by atoms with Gasteiger partial charge in [0.1, 0.15) is 6.54 Å². The number of hydrogen-bond acceptors (Lipinski definition) is 10. The molecule has 5 rings (SSSR count). The summed E-state index contributed by atoms with van der Waals surface area (Å²) in [7, 11) is -16.6. The molecule has 0 spiro atoms. The lowest BCUT2D eigenvalue weighted by Crippen LogP contribution is -2.28. The molecule has 19 heteroatoms. The van der Waals surface area contributed by atoms with Gasteiger partial charge in [-0.25, -0.2) is 8.42 Å². The van der Waals surface area contributed by atoms with Crippen LogP contribution in [0.25, 0.3) is 5.57 Å². The molecule has 0 saturated carbocycles. The fraction of sp³-hybridized carbons (Fsp3) is 0.395. The maximum absolute atomic E-state index is 12.7. The van der Waals surface area contributed by atoms with Crippen molar-refractivity contribution < 1.29 is 61.8 Å². The van der Waals surface area contributed by atoms with E-state index in [9.17, 15) is 57.2 Å². The van der Waals surface area contributed by atoms with Crippen LogP contribution in [0.15, 0.2) is 100 Å². The van der Waals surface area contributed by atoms with E-state index in [1.54, 1.807) is 24.3 Å². The van der Waals surface area contributed by atoms with Crippen LogP contribution >= 0.6 is 0 Å². The van der Waals surface area contributed by atoms with Crippen molar-refractivity contribution in [3.05, 3.63) is 113 Å². The van der Waals surface area contributed by atoms with Gasteiger partial charge in [0.15, 0.2) is 15.5 Å². The van der Waals surface area contributed by atoms with Crippen LogP contribution < -0.4 is 4.90 Å². The van der Waals surface area contributed by atoms with Crippen LogP contribution in [0.5, 0.6) is 0 Å². The fourth-order valence-electron chi connectivity index (χ4n) is 8.02.